The average Bonchev–Trinajstić information content (AvgIpc) is 3.07. The molecule has 6 heteroatoms. The first-order valence-electron chi connectivity index (χ1n) is 6.40. The molecule has 0 saturated heterocycles. The Morgan fingerprint density at radius 1 is 1.58 bits per heavy atom. The molecule has 0 aromatic carbocycles. The van der Waals surface area contributed by atoms with Gasteiger partial charge in [-0.3, -0.25) is 4.79 Å². The number of amides is 1. The third-order valence-corrected chi connectivity index (χ3v) is 5.38. The van der Waals surface area contributed by atoms with E-state index in [1.807, 2.05) is 11.8 Å². The van der Waals surface area contributed by atoms with Gasteiger partial charge >= 0.3 is 0 Å². The third-order valence-electron chi connectivity index (χ3n) is 3.62. The van der Waals surface area contributed by atoms with Crippen LogP contribution in [0.15, 0.2) is 11.4 Å². The minimum atomic E-state index is 0.0798. The van der Waals surface area contributed by atoms with Crippen LogP contribution in [0.25, 0.3) is 0 Å². The molecule has 1 aliphatic rings. The van der Waals surface area contributed by atoms with Crippen LogP contribution < -0.4 is 0 Å². The largest absolute Gasteiger partial charge is 0.331 e. The summed E-state index contributed by atoms with van der Waals surface area (Å²) in [5, 5.41) is 6.14. The Bertz CT molecular complexity index is 605. The Balaban J connectivity index is 1.90. The van der Waals surface area contributed by atoms with E-state index in [9.17, 15) is 4.79 Å². The van der Waals surface area contributed by atoms with Crippen LogP contribution in [-0.4, -0.2) is 26.9 Å². The minimum absolute atomic E-state index is 0.0798. The number of aromatic nitrogens is 2. The summed E-state index contributed by atoms with van der Waals surface area (Å²) in [5.41, 5.74) is 2.11. The Morgan fingerprint density at radius 3 is 3.21 bits per heavy atom. The third kappa shape index (κ3) is 2.08. The fourth-order valence-electron chi connectivity index (χ4n) is 2.52. The molecule has 3 heterocycles. The highest BCUT2D eigenvalue weighted by Gasteiger charge is 2.31. The molecule has 1 amide bonds. The molecule has 3 rings (SSSR count). The summed E-state index contributed by atoms with van der Waals surface area (Å²) in [6, 6.07) is 2.28. The molecule has 2 aromatic heterocycles. The molecule has 1 aliphatic heterocycles. The van der Waals surface area contributed by atoms with Crippen LogP contribution in [0.4, 0.5) is 0 Å². The Morgan fingerprint density at radius 2 is 2.42 bits per heavy atom. The highest BCUT2D eigenvalue weighted by Crippen LogP contribution is 2.34. The molecule has 0 saturated carbocycles. The predicted octanol–water partition coefficient (Wildman–Crippen LogP) is 2.92. The zero-order valence-electron chi connectivity index (χ0n) is 10.9. The first-order valence-corrected chi connectivity index (χ1v) is 8.06. The number of rotatable bonds is 2. The van der Waals surface area contributed by atoms with Gasteiger partial charge in [-0.1, -0.05) is 11.4 Å². The zero-order valence-corrected chi connectivity index (χ0v) is 12.6. The molecule has 0 aliphatic carbocycles. The van der Waals surface area contributed by atoms with Crippen LogP contribution in [0, 0.1) is 0 Å². The summed E-state index contributed by atoms with van der Waals surface area (Å²) in [7, 11) is 0. The monoisotopic (exact) mass is 293 g/mol. The van der Waals surface area contributed by atoms with E-state index in [-0.39, 0.29) is 11.9 Å². The van der Waals surface area contributed by atoms with Gasteiger partial charge in [0.2, 0.25) is 0 Å². The lowest BCUT2D eigenvalue weighted by Crippen LogP contribution is -2.38. The van der Waals surface area contributed by atoms with Crippen molar-refractivity contribution in [3.05, 3.63) is 32.5 Å². The number of hydrogen-bond acceptors (Lipinski definition) is 5. The second kappa shape index (κ2) is 5.02. The van der Waals surface area contributed by atoms with Crippen molar-refractivity contribution >= 4 is 28.8 Å². The van der Waals surface area contributed by atoms with Gasteiger partial charge in [0, 0.05) is 11.4 Å². The van der Waals surface area contributed by atoms with Gasteiger partial charge in [0.15, 0.2) is 0 Å². The Hall–Kier alpha value is -1.27. The lowest BCUT2D eigenvalue weighted by molar-refractivity contribution is 0.0683. The van der Waals surface area contributed by atoms with E-state index < -0.39 is 0 Å². The Labute approximate surface area is 120 Å². The molecular formula is C13H15N3OS2. The van der Waals surface area contributed by atoms with Crippen LogP contribution in [0.3, 0.4) is 0 Å². The summed E-state index contributed by atoms with van der Waals surface area (Å²) < 4.78 is 3.91. The highest BCUT2D eigenvalue weighted by molar-refractivity contribution is 7.10. The Kier molecular flexibility index (Phi) is 3.36. The maximum absolute atomic E-state index is 12.6. The first-order chi connectivity index (χ1) is 9.22. The van der Waals surface area contributed by atoms with Crippen LogP contribution in [0.5, 0.6) is 0 Å². The molecule has 0 N–H and O–H groups in total. The van der Waals surface area contributed by atoms with Crippen molar-refractivity contribution in [2.45, 2.75) is 32.7 Å². The fourth-order valence-corrected chi connectivity index (χ4v) is 4.19. The van der Waals surface area contributed by atoms with Crippen LogP contribution in [0.1, 0.15) is 45.7 Å². The molecular weight excluding hydrogens is 278 g/mol. The summed E-state index contributed by atoms with van der Waals surface area (Å²) in [6.45, 7) is 4.89. The molecule has 100 valence electrons. The van der Waals surface area contributed by atoms with Crippen molar-refractivity contribution in [3.8, 4) is 0 Å². The number of hydrogen-bond donors (Lipinski definition) is 0. The molecule has 0 unspecified atom stereocenters. The minimum Gasteiger partial charge on any atom is -0.331 e. The number of nitrogens with zero attached hydrogens (tertiary/aromatic N) is 3. The molecule has 19 heavy (non-hydrogen) atoms. The number of carbonyl (C=O) groups excluding carboxylic acids is 1. The van der Waals surface area contributed by atoms with Gasteiger partial charge < -0.3 is 4.90 Å². The highest BCUT2D eigenvalue weighted by atomic mass is 32.1. The summed E-state index contributed by atoms with van der Waals surface area (Å²) in [6.07, 6.45) is 1.71. The second-order valence-corrected chi connectivity index (χ2v) is 6.38. The maximum Gasteiger partial charge on any atom is 0.268 e. The smallest absolute Gasteiger partial charge is 0.268 e. The summed E-state index contributed by atoms with van der Waals surface area (Å²) in [4.78, 5) is 16.7. The predicted molar refractivity (Wildman–Crippen MR) is 76.8 cm³/mol. The molecule has 0 fully saturated rings. The van der Waals surface area contributed by atoms with Crippen LogP contribution >= 0.6 is 22.9 Å². The lowest BCUT2D eigenvalue weighted by atomic mass is 10.0. The van der Waals surface area contributed by atoms with Crippen LogP contribution in [0.2, 0.25) is 0 Å². The van der Waals surface area contributed by atoms with Gasteiger partial charge in [-0.05, 0) is 48.3 Å². The number of thiophene rings is 1. The van der Waals surface area contributed by atoms with Gasteiger partial charge in [0.1, 0.15) is 4.88 Å². The number of fused-ring (bicyclic) bond motifs is 1. The average molecular weight is 293 g/mol. The lowest BCUT2D eigenvalue weighted by Gasteiger charge is -2.33. The van der Waals surface area contributed by atoms with Gasteiger partial charge in [-0.25, -0.2) is 0 Å². The van der Waals surface area contributed by atoms with Crippen molar-refractivity contribution in [3.63, 3.8) is 0 Å². The van der Waals surface area contributed by atoms with Gasteiger partial charge in [-0.2, -0.15) is 0 Å². The van der Waals surface area contributed by atoms with E-state index in [4.69, 9.17) is 0 Å². The van der Waals surface area contributed by atoms with E-state index >= 15 is 0 Å². The van der Waals surface area contributed by atoms with Crippen molar-refractivity contribution in [1.29, 1.82) is 0 Å². The summed E-state index contributed by atoms with van der Waals surface area (Å²) in [5.74, 6) is 0.0798. The molecule has 0 bridgehead atoms. The van der Waals surface area contributed by atoms with Crippen molar-refractivity contribution in [1.82, 2.24) is 14.5 Å². The number of carbonyl (C=O) groups is 1. The molecule has 2 aromatic rings. The van der Waals surface area contributed by atoms with Gasteiger partial charge in [0.25, 0.3) is 5.91 Å². The second-order valence-electron chi connectivity index (χ2n) is 4.63. The molecule has 0 spiro atoms. The van der Waals surface area contributed by atoms with E-state index in [0.717, 1.165) is 25.1 Å². The number of aryl methyl sites for hydroxylation is 1. The zero-order chi connectivity index (χ0) is 13.4. The maximum atomic E-state index is 12.6. The quantitative estimate of drug-likeness (QED) is 0.855. The van der Waals surface area contributed by atoms with E-state index in [1.54, 1.807) is 11.3 Å². The molecule has 4 nitrogen and oxygen atoms in total. The SMILES string of the molecule is CCc1nnsc1C(=O)N1CCc2sccc2[C@@H]1C. The van der Waals surface area contributed by atoms with E-state index in [1.165, 1.54) is 22.0 Å². The van der Waals surface area contributed by atoms with Crippen LogP contribution in [-0.2, 0) is 12.8 Å². The normalized spacial score (nSPS) is 18.4. The van der Waals surface area contributed by atoms with Gasteiger partial charge in [0.05, 0.1) is 11.7 Å². The topological polar surface area (TPSA) is 46.1 Å². The van der Waals surface area contributed by atoms with Crippen molar-refractivity contribution in [2.24, 2.45) is 0 Å². The molecule has 1 atom stereocenters. The fraction of sp³-hybridized carbons (Fsp3) is 0.462. The van der Waals surface area contributed by atoms with Gasteiger partial charge in [-0.15, -0.1) is 16.4 Å². The van der Waals surface area contributed by atoms with Crippen molar-refractivity contribution in [2.75, 3.05) is 6.54 Å². The van der Waals surface area contributed by atoms with E-state index in [2.05, 4.69) is 28.0 Å². The first kappa shape index (κ1) is 12.7. The standard InChI is InChI=1S/C13H15N3OS2/c1-3-10-12(19-15-14-10)13(17)16-6-4-11-9(8(16)2)5-7-18-11/h5,7-8H,3-4,6H2,1-2H3/t8-/m0/s1. The van der Waals surface area contributed by atoms with Crippen molar-refractivity contribution < 1.29 is 4.79 Å². The summed E-state index contributed by atoms with van der Waals surface area (Å²) >= 11 is 3.00. The molecule has 0 radical (unpaired) electrons. The van der Waals surface area contributed by atoms with E-state index in [0.29, 0.717) is 4.88 Å².